The Kier molecular flexibility index (Phi) is 3.63. The Morgan fingerprint density at radius 1 is 1.40 bits per heavy atom. The van der Waals surface area contributed by atoms with Crippen molar-refractivity contribution in [1.82, 2.24) is 14.8 Å². The number of hydrogen-bond donors (Lipinski definition) is 1. The van der Waals surface area contributed by atoms with E-state index in [1.807, 2.05) is 28.9 Å². The topological polar surface area (TPSA) is 52.0 Å². The molecule has 1 aliphatic heterocycles. The van der Waals surface area contributed by atoms with E-state index < -0.39 is 0 Å². The summed E-state index contributed by atoms with van der Waals surface area (Å²) in [6.45, 7) is 2.57. The van der Waals surface area contributed by atoms with Crippen molar-refractivity contribution in [2.24, 2.45) is 0 Å². The zero-order chi connectivity index (χ0) is 14.1. The number of methoxy groups -OCH3 is 1. The molecule has 5 nitrogen and oxygen atoms in total. The lowest BCUT2D eigenvalue weighted by Gasteiger charge is -2.29. The lowest BCUT2D eigenvalue weighted by Crippen LogP contribution is -2.31. The van der Waals surface area contributed by atoms with Crippen molar-refractivity contribution in [3.05, 3.63) is 40.7 Å². The van der Waals surface area contributed by atoms with Crippen molar-refractivity contribution >= 4 is 17.5 Å². The van der Waals surface area contributed by atoms with Crippen molar-refractivity contribution in [2.75, 3.05) is 12.4 Å². The van der Waals surface area contributed by atoms with Gasteiger partial charge in [0.1, 0.15) is 6.61 Å². The Bertz CT molecular complexity index is 596. The fraction of sp³-hybridized carbons (Fsp3) is 0.429. The third-order valence-electron chi connectivity index (χ3n) is 3.45. The largest absolute Gasteiger partial charge is 0.377 e. The summed E-state index contributed by atoms with van der Waals surface area (Å²) in [5.74, 6) is 1.50. The van der Waals surface area contributed by atoms with Crippen LogP contribution in [0.1, 0.15) is 30.8 Å². The van der Waals surface area contributed by atoms with Gasteiger partial charge < -0.3 is 10.1 Å². The molecule has 2 aromatic rings. The second-order valence-electron chi connectivity index (χ2n) is 5.08. The van der Waals surface area contributed by atoms with Crippen LogP contribution < -0.4 is 5.32 Å². The molecule has 0 radical (unpaired) electrons. The number of hydrogen-bond acceptors (Lipinski definition) is 4. The number of benzene rings is 1. The number of nitrogens with one attached hydrogen (secondary N) is 1. The van der Waals surface area contributed by atoms with E-state index in [2.05, 4.69) is 22.3 Å². The van der Waals surface area contributed by atoms with Crippen LogP contribution in [-0.4, -0.2) is 27.9 Å². The van der Waals surface area contributed by atoms with Gasteiger partial charge in [-0.15, -0.1) is 0 Å². The second kappa shape index (κ2) is 5.42. The van der Waals surface area contributed by atoms with Gasteiger partial charge in [0, 0.05) is 18.2 Å². The Morgan fingerprint density at radius 3 is 2.85 bits per heavy atom. The third-order valence-corrected chi connectivity index (χ3v) is 3.70. The molecule has 2 atom stereocenters. The number of aromatic nitrogens is 3. The second-order valence-corrected chi connectivity index (χ2v) is 5.51. The highest BCUT2D eigenvalue weighted by Crippen LogP contribution is 2.31. The first-order valence-corrected chi connectivity index (χ1v) is 7.01. The monoisotopic (exact) mass is 292 g/mol. The molecule has 1 aliphatic rings. The van der Waals surface area contributed by atoms with Gasteiger partial charge in [-0.1, -0.05) is 23.7 Å². The van der Waals surface area contributed by atoms with Gasteiger partial charge in [0.05, 0.1) is 6.04 Å². The number of anilines is 1. The van der Waals surface area contributed by atoms with Gasteiger partial charge in [0.15, 0.2) is 5.82 Å². The highest BCUT2D eigenvalue weighted by molar-refractivity contribution is 6.30. The highest BCUT2D eigenvalue weighted by Gasteiger charge is 2.28. The average molecular weight is 293 g/mol. The normalized spacial score (nSPS) is 21.4. The predicted molar refractivity (Wildman–Crippen MR) is 78.0 cm³/mol. The molecule has 6 heteroatoms. The van der Waals surface area contributed by atoms with Crippen LogP contribution >= 0.6 is 11.6 Å². The summed E-state index contributed by atoms with van der Waals surface area (Å²) in [5, 5.41) is 8.64. The van der Waals surface area contributed by atoms with Crippen molar-refractivity contribution < 1.29 is 4.74 Å². The summed E-state index contributed by atoms with van der Waals surface area (Å²) in [5.41, 5.74) is 1.19. The fourth-order valence-corrected chi connectivity index (χ4v) is 2.68. The molecule has 20 heavy (non-hydrogen) atoms. The lowest BCUT2D eigenvalue weighted by atomic mass is 9.99. The number of nitrogens with zero attached hydrogens (tertiary/aromatic N) is 3. The molecule has 2 heterocycles. The number of ether oxygens (including phenoxy) is 1. The van der Waals surface area contributed by atoms with Crippen molar-refractivity contribution in [1.29, 1.82) is 0 Å². The van der Waals surface area contributed by atoms with Gasteiger partial charge in [-0.25, -0.2) is 4.68 Å². The SMILES string of the molecule is COCc1nc2n(n1)[C@@H](c1ccc(Cl)cc1)C[C@H](C)N2. The number of rotatable bonds is 3. The standard InChI is InChI=1S/C14H17ClN4O/c1-9-7-12(10-3-5-11(15)6-4-10)19-14(16-9)17-13(18-19)8-20-2/h3-6,9,12H,7-8H2,1-2H3,(H,16,17,18)/t9-,12+/m0/s1. The number of fused-ring (bicyclic) bond motifs is 1. The maximum absolute atomic E-state index is 5.96. The minimum Gasteiger partial charge on any atom is -0.377 e. The van der Waals surface area contributed by atoms with Gasteiger partial charge in [0.2, 0.25) is 5.95 Å². The van der Waals surface area contributed by atoms with Crippen LogP contribution in [0, 0.1) is 0 Å². The maximum Gasteiger partial charge on any atom is 0.222 e. The van der Waals surface area contributed by atoms with Crippen LogP contribution in [0.5, 0.6) is 0 Å². The molecular formula is C14H17ClN4O. The van der Waals surface area contributed by atoms with Crippen molar-refractivity contribution in [2.45, 2.75) is 32.0 Å². The summed E-state index contributed by atoms with van der Waals surface area (Å²) >= 11 is 5.96. The summed E-state index contributed by atoms with van der Waals surface area (Å²) in [4.78, 5) is 4.47. The molecule has 0 saturated carbocycles. The van der Waals surface area contributed by atoms with E-state index in [1.165, 1.54) is 5.56 Å². The van der Waals surface area contributed by atoms with Crippen LogP contribution in [0.15, 0.2) is 24.3 Å². The molecule has 1 aromatic carbocycles. The van der Waals surface area contributed by atoms with Crippen LogP contribution in [-0.2, 0) is 11.3 Å². The maximum atomic E-state index is 5.96. The van der Waals surface area contributed by atoms with Crippen molar-refractivity contribution in [3.63, 3.8) is 0 Å². The molecular weight excluding hydrogens is 276 g/mol. The molecule has 106 valence electrons. The van der Waals surface area contributed by atoms with Crippen molar-refractivity contribution in [3.8, 4) is 0 Å². The summed E-state index contributed by atoms with van der Waals surface area (Å²) in [7, 11) is 1.65. The molecule has 0 aliphatic carbocycles. The highest BCUT2D eigenvalue weighted by atomic mass is 35.5. The van der Waals surface area contributed by atoms with Gasteiger partial charge in [0.25, 0.3) is 0 Å². The first-order valence-electron chi connectivity index (χ1n) is 6.63. The van der Waals surface area contributed by atoms with E-state index in [1.54, 1.807) is 7.11 Å². The van der Waals surface area contributed by atoms with Gasteiger partial charge in [-0.05, 0) is 31.0 Å². The quantitative estimate of drug-likeness (QED) is 0.945. The van der Waals surface area contributed by atoms with Crippen LogP contribution in [0.4, 0.5) is 5.95 Å². The minimum atomic E-state index is 0.177. The molecule has 1 aromatic heterocycles. The van der Waals surface area contributed by atoms with Crippen LogP contribution in [0.3, 0.4) is 0 Å². The zero-order valence-electron chi connectivity index (χ0n) is 11.5. The molecule has 0 fully saturated rings. The molecule has 0 amide bonds. The number of halogens is 1. The first-order chi connectivity index (χ1) is 9.67. The minimum absolute atomic E-state index is 0.177. The summed E-state index contributed by atoms with van der Waals surface area (Å²) in [6, 6.07) is 8.45. The van der Waals surface area contributed by atoms with Crippen LogP contribution in [0.2, 0.25) is 5.02 Å². The lowest BCUT2D eigenvalue weighted by molar-refractivity contribution is 0.177. The van der Waals surface area contributed by atoms with E-state index in [0.29, 0.717) is 18.5 Å². The van der Waals surface area contributed by atoms with Gasteiger partial charge in [-0.3, -0.25) is 0 Å². The Labute approximate surface area is 122 Å². The van der Waals surface area contributed by atoms with Crippen LogP contribution in [0.25, 0.3) is 0 Å². The molecule has 0 spiro atoms. The van der Waals surface area contributed by atoms with E-state index in [-0.39, 0.29) is 6.04 Å². The Morgan fingerprint density at radius 2 is 2.15 bits per heavy atom. The molecule has 0 bridgehead atoms. The smallest absolute Gasteiger partial charge is 0.222 e. The Balaban J connectivity index is 1.98. The van der Waals surface area contributed by atoms with E-state index in [0.717, 1.165) is 17.4 Å². The summed E-state index contributed by atoms with van der Waals surface area (Å²) in [6.07, 6.45) is 0.963. The fourth-order valence-electron chi connectivity index (χ4n) is 2.55. The average Bonchev–Trinajstić information content (AvgIpc) is 2.81. The molecule has 0 unspecified atom stereocenters. The zero-order valence-corrected chi connectivity index (χ0v) is 12.3. The van der Waals surface area contributed by atoms with E-state index in [4.69, 9.17) is 16.3 Å². The third kappa shape index (κ3) is 2.51. The van der Waals surface area contributed by atoms with Gasteiger partial charge in [-0.2, -0.15) is 10.1 Å². The summed E-state index contributed by atoms with van der Waals surface area (Å²) < 4.78 is 7.05. The Hall–Kier alpha value is -1.59. The first kappa shape index (κ1) is 13.4. The van der Waals surface area contributed by atoms with E-state index >= 15 is 0 Å². The van der Waals surface area contributed by atoms with Gasteiger partial charge >= 0.3 is 0 Å². The molecule has 0 saturated heterocycles. The molecule has 1 N–H and O–H groups in total. The predicted octanol–water partition coefficient (Wildman–Crippen LogP) is 2.87. The van der Waals surface area contributed by atoms with E-state index in [9.17, 15) is 0 Å². The molecule has 3 rings (SSSR count).